The van der Waals surface area contributed by atoms with Gasteiger partial charge in [0.25, 0.3) is 0 Å². The molecule has 0 radical (unpaired) electrons. The second-order valence-corrected chi connectivity index (χ2v) is 3.80. The van der Waals surface area contributed by atoms with Crippen molar-refractivity contribution in [1.82, 2.24) is 0 Å². The van der Waals surface area contributed by atoms with E-state index < -0.39 is 0 Å². The van der Waals surface area contributed by atoms with Gasteiger partial charge in [0.1, 0.15) is 5.92 Å². The second kappa shape index (κ2) is 2.63. The van der Waals surface area contributed by atoms with Crippen molar-refractivity contribution >= 4 is 5.71 Å². The van der Waals surface area contributed by atoms with Gasteiger partial charge in [-0.15, -0.1) is 0 Å². The van der Waals surface area contributed by atoms with Crippen LogP contribution in [0.1, 0.15) is 6.42 Å². The third kappa shape index (κ3) is 1.78. The molecule has 0 aromatic rings. The fourth-order valence-electron chi connectivity index (χ4n) is 1.41. The van der Waals surface area contributed by atoms with Crippen LogP contribution in [-0.2, 0) is 0 Å². The molecule has 3 heteroatoms. The van der Waals surface area contributed by atoms with Gasteiger partial charge in [0.05, 0.1) is 33.3 Å². The molecule has 0 spiro atoms. The van der Waals surface area contributed by atoms with E-state index in [0.717, 1.165) is 24.0 Å². The number of nitriles is 1. The molecule has 1 rings (SSSR count). The first-order chi connectivity index (χ1) is 5.05. The van der Waals surface area contributed by atoms with Crippen molar-refractivity contribution in [3.8, 4) is 6.07 Å². The van der Waals surface area contributed by atoms with Gasteiger partial charge < -0.3 is 9.89 Å². The Bertz CT molecular complexity index is 212. The van der Waals surface area contributed by atoms with Gasteiger partial charge in [-0.25, -0.2) is 0 Å². The van der Waals surface area contributed by atoms with Crippen molar-refractivity contribution in [3.63, 3.8) is 0 Å². The molecule has 1 aliphatic heterocycles. The minimum absolute atomic E-state index is 0.140. The minimum atomic E-state index is -0.140. The van der Waals surface area contributed by atoms with Crippen molar-refractivity contribution < 1.29 is 4.48 Å². The van der Waals surface area contributed by atoms with Gasteiger partial charge >= 0.3 is 0 Å². The van der Waals surface area contributed by atoms with Gasteiger partial charge in [-0.2, -0.15) is 5.26 Å². The number of hydrogen-bond donors (Lipinski definition) is 1. The Balaban J connectivity index is 2.68. The number of piperidine rings is 1. The maximum atomic E-state index is 8.69. The van der Waals surface area contributed by atoms with Crippen LogP contribution in [0.25, 0.3) is 0 Å². The highest BCUT2D eigenvalue weighted by molar-refractivity contribution is 5.86. The third-order valence-corrected chi connectivity index (χ3v) is 2.24. The lowest BCUT2D eigenvalue weighted by Gasteiger charge is -2.35. The molecule has 1 atom stereocenters. The van der Waals surface area contributed by atoms with Crippen LogP contribution in [0.15, 0.2) is 0 Å². The summed E-state index contributed by atoms with van der Waals surface area (Å²) in [5, 5.41) is 16.2. The molecule has 3 nitrogen and oxygen atoms in total. The van der Waals surface area contributed by atoms with Crippen molar-refractivity contribution in [1.29, 1.82) is 10.7 Å². The summed E-state index contributed by atoms with van der Waals surface area (Å²) in [6, 6.07) is 2.17. The molecule has 0 aromatic heterocycles. The quantitative estimate of drug-likeness (QED) is 0.508. The Labute approximate surface area is 67.3 Å². The Kier molecular flexibility index (Phi) is 1.97. The van der Waals surface area contributed by atoms with Crippen molar-refractivity contribution in [3.05, 3.63) is 0 Å². The van der Waals surface area contributed by atoms with Gasteiger partial charge in [-0.1, -0.05) is 0 Å². The highest BCUT2D eigenvalue weighted by Crippen LogP contribution is 2.15. The second-order valence-electron chi connectivity index (χ2n) is 3.80. The first-order valence-electron chi connectivity index (χ1n) is 3.84. The largest absolute Gasteiger partial charge is 0.327 e. The highest BCUT2D eigenvalue weighted by atomic mass is 15.3. The molecule has 1 fully saturated rings. The van der Waals surface area contributed by atoms with Crippen molar-refractivity contribution in [2.45, 2.75) is 6.42 Å². The van der Waals surface area contributed by atoms with Crippen molar-refractivity contribution in [2.75, 3.05) is 27.2 Å². The lowest BCUT2D eigenvalue weighted by atomic mass is 9.96. The van der Waals surface area contributed by atoms with E-state index in [1.165, 1.54) is 0 Å². The van der Waals surface area contributed by atoms with Crippen LogP contribution in [-0.4, -0.2) is 37.4 Å². The van der Waals surface area contributed by atoms with Crippen LogP contribution in [0.4, 0.5) is 0 Å². The first-order valence-corrected chi connectivity index (χ1v) is 3.84. The number of hydrogen-bond acceptors (Lipinski definition) is 2. The van der Waals surface area contributed by atoms with Crippen LogP contribution in [0.5, 0.6) is 0 Å². The summed E-state index contributed by atoms with van der Waals surface area (Å²) in [6.07, 6.45) is 0.783. The molecule has 1 heterocycles. The van der Waals surface area contributed by atoms with E-state index in [4.69, 9.17) is 10.7 Å². The fraction of sp³-hybridized carbons (Fsp3) is 0.750. The van der Waals surface area contributed by atoms with E-state index in [2.05, 4.69) is 20.2 Å². The van der Waals surface area contributed by atoms with E-state index in [1.807, 2.05) is 0 Å². The molecule has 0 amide bonds. The number of nitrogens with zero attached hydrogens (tertiary/aromatic N) is 2. The predicted octanol–water partition coefficient (Wildman–Crippen LogP) is 0.626. The molecule has 1 N–H and O–H groups in total. The summed E-state index contributed by atoms with van der Waals surface area (Å²) in [6.45, 7) is 1.80. The zero-order chi connectivity index (χ0) is 8.48. The maximum absolute atomic E-state index is 8.69. The number of rotatable bonds is 0. The SMILES string of the molecule is C[N+]1(C)CCC(=N)C(C#N)C1. The molecule has 0 saturated carbocycles. The molecular weight excluding hydrogens is 138 g/mol. The lowest BCUT2D eigenvalue weighted by Crippen LogP contribution is -2.50. The topological polar surface area (TPSA) is 47.6 Å². The number of quaternary nitrogens is 1. The highest BCUT2D eigenvalue weighted by Gasteiger charge is 2.30. The van der Waals surface area contributed by atoms with Gasteiger partial charge in [-0.3, -0.25) is 0 Å². The molecule has 1 unspecified atom stereocenters. The van der Waals surface area contributed by atoms with E-state index in [1.54, 1.807) is 0 Å². The van der Waals surface area contributed by atoms with Crippen molar-refractivity contribution in [2.24, 2.45) is 5.92 Å². The Morgan fingerprint density at radius 3 is 2.73 bits per heavy atom. The standard InChI is InChI=1S/C8H14N3/c1-11(2)4-3-8(10)7(5-9)6-11/h7,10H,3-4,6H2,1-2H3/q+1. The summed E-state index contributed by atoms with van der Waals surface area (Å²) in [5.41, 5.74) is 0.616. The predicted molar refractivity (Wildman–Crippen MR) is 43.3 cm³/mol. The van der Waals surface area contributed by atoms with Crippen LogP contribution in [0.3, 0.4) is 0 Å². The molecule has 0 bridgehead atoms. The minimum Gasteiger partial charge on any atom is -0.327 e. The van der Waals surface area contributed by atoms with E-state index in [-0.39, 0.29) is 5.92 Å². The van der Waals surface area contributed by atoms with Gasteiger partial charge in [0, 0.05) is 12.1 Å². The molecule has 0 aliphatic carbocycles. The smallest absolute Gasteiger partial charge is 0.133 e. The van der Waals surface area contributed by atoms with Crippen LogP contribution < -0.4 is 0 Å². The van der Waals surface area contributed by atoms with Gasteiger partial charge in [0.2, 0.25) is 0 Å². The zero-order valence-electron chi connectivity index (χ0n) is 7.09. The summed E-state index contributed by atoms with van der Waals surface area (Å²) in [7, 11) is 4.22. The van der Waals surface area contributed by atoms with Crippen LogP contribution in [0, 0.1) is 22.7 Å². The third-order valence-electron chi connectivity index (χ3n) is 2.24. The molecule has 60 valence electrons. The van der Waals surface area contributed by atoms with Crippen LogP contribution >= 0.6 is 0 Å². The normalized spacial score (nSPS) is 29.5. The monoisotopic (exact) mass is 152 g/mol. The zero-order valence-corrected chi connectivity index (χ0v) is 7.09. The summed E-state index contributed by atoms with van der Waals surface area (Å²) in [5.74, 6) is -0.140. The molecule has 0 aromatic carbocycles. The van der Waals surface area contributed by atoms with E-state index in [9.17, 15) is 0 Å². The lowest BCUT2D eigenvalue weighted by molar-refractivity contribution is -0.893. The Morgan fingerprint density at radius 2 is 2.27 bits per heavy atom. The molecule has 1 saturated heterocycles. The molecule has 11 heavy (non-hydrogen) atoms. The van der Waals surface area contributed by atoms with Gasteiger partial charge in [-0.05, 0) is 0 Å². The average molecular weight is 152 g/mol. The number of likely N-dealkylation sites (tertiary alicyclic amines) is 1. The summed E-state index contributed by atoms with van der Waals surface area (Å²) < 4.78 is 0.876. The van der Waals surface area contributed by atoms with Crippen LogP contribution in [0.2, 0.25) is 0 Å². The first kappa shape index (κ1) is 8.22. The summed E-state index contributed by atoms with van der Waals surface area (Å²) in [4.78, 5) is 0. The molecular formula is C8H14N3+. The fourth-order valence-corrected chi connectivity index (χ4v) is 1.41. The van der Waals surface area contributed by atoms with Gasteiger partial charge in [0.15, 0.2) is 0 Å². The number of nitrogens with one attached hydrogen (secondary N) is 1. The Hall–Kier alpha value is -0.880. The summed E-state index contributed by atoms with van der Waals surface area (Å²) >= 11 is 0. The van der Waals surface area contributed by atoms with E-state index >= 15 is 0 Å². The average Bonchev–Trinajstić information content (AvgIpc) is 1.94. The van der Waals surface area contributed by atoms with E-state index in [0.29, 0.717) is 5.71 Å². The molecule has 1 aliphatic rings. The Morgan fingerprint density at radius 1 is 1.64 bits per heavy atom. The maximum Gasteiger partial charge on any atom is 0.133 e.